The van der Waals surface area contributed by atoms with Gasteiger partial charge in [-0.05, 0) is 48.8 Å². The van der Waals surface area contributed by atoms with Crippen molar-refractivity contribution in [2.24, 2.45) is 11.8 Å². The van der Waals surface area contributed by atoms with E-state index in [9.17, 15) is 9.90 Å². The molecule has 0 amide bonds. The molecule has 3 heteroatoms. The molecular formula is C16H22O3. The molecule has 0 radical (unpaired) electrons. The number of benzene rings is 1. The molecule has 0 saturated heterocycles. The number of carbonyl (C=O) groups is 1. The number of esters is 1. The minimum absolute atomic E-state index is 0.104. The first-order chi connectivity index (χ1) is 9.19. The van der Waals surface area contributed by atoms with Crippen molar-refractivity contribution in [3.05, 3.63) is 29.8 Å². The number of hydrogen-bond acceptors (Lipinski definition) is 3. The zero-order chi connectivity index (χ0) is 13.7. The fraction of sp³-hybridized carbons (Fsp3) is 0.562. The number of methoxy groups -OCH3 is 1. The van der Waals surface area contributed by atoms with Crippen LogP contribution >= 0.6 is 0 Å². The molecule has 0 bridgehead atoms. The smallest absolute Gasteiger partial charge is 0.305 e. The number of rotatable bonds is 4. The molecule has 1 aromatic carbocycles. The lowest BCUT2D eigenvalue weighted by atomic mass is 9.74. The fourth-order valence-electron chi connectivity index (χ4n) is 3.11. The Bertz CT molecular complexity index is 428. The average Bonchev–Trinajstić information content (AvgIpc) is 2.41. The van der Waals surface area contributed by atoms with Crippen LogP contribution in [0.5, 0.6) is 5.75 Å². The molecule has 0 heterocycles. The molecule has 1 fully saturated rings. The highest BCUT2D eigenvalue weighted by Crippen LogP contribution is 2.35. The van der Waals surface area contributed by atoms with Gasteiger partial charge in [-0.1, -0.05) is 25.0 Å². The quantitative estimate of drug-likeness (QED) is 0.847. The summed E-state index contributed by atoms with van der Waals surface area (Å²) in [5, 5.41) is 9.52. The molecule has 1 N–H and O–H groups in total. The van der Waals surface area contributed by atoms with Crippen LogP contribution in [0.2, 0.25) is 0 Å². The highest BCUT2D eigenvalue weighted by Gasteiger charge is 2.27. The minimum atomic E-state index is -0.104. The van der Waals surface area contributed by atoms with Crippen LogP contribution in [0.1, 0.15) is 37.7 Å². The molecule has 2 unspecified atom stereocenters. The van der Waals surface area contributed by atoms with Crippen LogP contribution in [-0.4, -0.2) is 18.2 Å². The lowest BCUT2D eigenvalue weighted by molar-refractivity contribution is -0.142. The Labute approximate surface area is 114 Å². The van der Waals surface area contributed by atoms with Gasteiger partial charge in [-0.25, -0.2) is 0 Å². The maximum absolute atomic E-state index is 11.5. The third-order valence-electron chi connectivity index (χ3n) is 4.13. The van der Waals surface area contributed by atoms with E-state index in [1.54, 1.807) is 6.07 Å². The molecule has 0 spiro atoms. The second-order valence-electron chi connectivity index (χ2n) is 5.46. The Morgan fingerprint density at radius 2 is 2.05 bits per heavy atom. The first kappa shape index (κ1) is 13.9. The zero-order valence-electron chi connectivity index (χ0n) is 11.5. The van der Waals surface area contributed by atoms with Crippen molar-refractivity contribution in [2.75, 3.05) is 7.11 Å². The van der Waals surface area contributed by atoms with E-state index in [4.69, 9.17) is 4.74 Å². The maximum atomic E-state index is 11.5. The molecule has 19 heavy (non-hydrogen) atoms. The molecule has 2 rings (SSSR count). The van der Waals surface area contributed by atoms with E-state index in [-0.39, 0.29) is 5.97 Å². The summed E-state index contributed by atoms with van der Waals surface area (Å²) in [7, 11) is 1.45. The molecule has 3 nitrogen and oxygen atoms in total. The fourth-order valence-corrected chi connectivity index (χ4v) is 3.11. The molecule has 0 aromatic heterocycles. The summed E-state index contributed by atoms with van der Waals surface area (Å²) < 4.78 is 4.79. The standard InChI is InChI=1S/C16H22O3/c1-19-16(18)11-14-7-3-2-6-13(14)9-12-5-4-8-15(17)10-12/h4-5,8,10,13-14,17H,2-3,6-7,9,11H2,1H3. The average molecular weight is 262 g/mol. The number of phenolic OH excluding ortho intramolecular Hbond substituents is 1. The number of aromatic hydroxyl groups is 1. The zero-order valence-corrected chi connectivity index (χ0v) is 11.5. The van der Waals surface area contributed by atoms with Gasteiger partial charge in [0.25, 0.3) is 0 Å². The molecule has 2 atom stereocenters. The van der Waals surface area contributed by atoms with Crippen LogP contribution in [0.25, 0.3) is 0 Å². The van der Waals surface area contributed by atoms with Gasteiger partial charge >= 0.3 is 5.97 Å². The van der Waals surface area contributed by atoms with Crippen molar-refractivity contribution in [1.29, 1.82) is 0 Å². The van der Waals surface area contributed by atoms with E-state index in [0.29, 0.717) is 24.0 Å². The monoisotopic (exact) mass is 262 g/mol. The Balaban J connectivity index is 2.01. The van der Waals surface area contributed by atoms with Gasteiger partial charge in [-0.3, -0.25) is 4.79 Å². The van der Waals surface area contributed by atoms with Crippen molar-refractivity contribution in [3.8, 4) is 5.75 Å². The Hall–Kier alpha value is -1.51. The summed E-state index contributed by atoms with van der Waals surface area (Å²) in [5.74, 6) is 1.16. The van der Waals surface area contributed by atoms with Crippen molar-refractivity contribution >= 4 is 5.97 Å². The second-order valence-corrected chi connectivity index (χ2v) is 5.46. The highest BCUT2D eigenvalue weighted by molar-refractivity contribution is 5.69. The summed E-state index contributed by atoms with van der Waals surface area (Å²) in [5.41, 5.74) is 1.15. The summed E-state index contributed by atoms with van der Waals surface area (Å²) in [6, 6.07) is 7.44. The Kier molecular flexibility index (Phi) is 4.83. The van der Waals surface area contributed by atoms with E-state index in [1.165, 1.54) is 20.0 Å². The number of phenols is 1. The van der Waals surface area contributed by atoms with Crippen LogP contribution in [0.4, 0.5) is 0 Å². The molecule has 1 aromatic rings. The van der Waals surface area contributed by atoms with Crippen molar-refractivity contribution in [2.45, 2.75) is 38.5 Å². The van der Waals surface area contributed by atoms with Crippen LogP contribution in [-0.2, 0) is 16.0 Å². The predicted octanol–water partition coefficient (Wildman–Crippen LogP) is 3.30. The SMILES string of the molecule is COC(=O)CC1CCCCC1Cc1cccc(O)c1. The number of hydrogen-bond donors (Lipinski definition) is 1. The van der Waals surface area contributed by atoms with Crippen molar-refractivity contribution < 1.29 is 14.6 Å². The van der Waals surface area contributed by atoms with Crippen LogP contribution in [0.15, 0.2) is 24.3 Å². The summed E-state index contributed by atoms with van der Waals surface area (Å²) in [6.45, 7) is 0. The maximum Gasteiger partial charge on any atom is 0.305 e. The topological polar surface area (TPSA) is 46.5 Å². The van der Waals surface area contributed by atoms with E-state index in [2.05, 4.69) is 0 Å². The normalized spacial score (nSPS) is 23.0. The van der Waals surface area contributed by atoms with Gasteiger partial charge in [-0.2, -0.15) is 0 Å². The van der Waals surface area contributed by atoms with Crippen molar-refractivity contribution in [1.82, 2.24) is 0 Å². The van der Waals surface area contributed by atoms with E-state index < -0.39 is 0 Å². The summed E-state index contributed by atoms with van der Waals surface area (Å²) in [6.07, 6.45) is 6.19. The second kappa shape index (κ2) is 6.60. The van der Waals surface area contributed by atoms with Gasteiger partial charge in [0.05, 0.1) is 7.11 Å². The minimum Gasteiger partial charge on any atom is -0.508 e. The summed E-state index contributed by atoms with van der Waals surface area (Å²) >= 11 is 0. The third kappa shape index (κ3) is 3.98. The molecule has 1 aliphatic rings. The summed E-state index contributed by atoms with van der Waals surface area (Å²) in [4.78, 5) is 11.5. The van der Waals surface area contributed by atoms with E-state index >= 15 is 0 Å². The molecule has 1 saturated carbocycles. The lowest BCUT2D eigenvalue weighted by Crippen LogP contribution is -2.24. The van der Waals surface area contributed by atoms with Crippen molar-refractivity contribution in [3.63, 3.8) is 0 Å². The first-order valence-electron chi connectivity index (χ1n) is 7.03. The first-order valence-corrected chi connectivity index (χ1v) is 7.03. The predicted molar refractivity (Wildman–Crippen MR) is 73.9 cm³/mol. The Morgan fingerprint density at radius 3 is 2.74 bits per heavy atom. The van der Waals surface area contributed by atoms with Gasteiger partial charge < -0.3 is 9.84 Å². The Morgan fingerprint density at radius 1 is 1.32 bits per heavy atom. The molecular weight excluding hydrogens is 240 g/mol. The third-order valence-corrected chi connectivity index (χ3v) is 4.13. The molecule has 104 valence electrons. The van der Waals surface area contributed by atoms with Gasteiger partial charge in [0.2, 0.25) is 0 Å². The largest absolute Gasteiger partial charge is 0.508 e. The number of ether oxygens (including phenoxy) is 1. The lowest BCUT2D eigenvalue weighted by Gasteiger charge is -2.31. The van der Waals surface area contributed by atoms with E-state index in [1.807, 2.05) is 18.2 Å². The van der Waals surface area contributed by atoms with Crippen LogP contribution in [0.3, 0.4) is 0 Å². The molecule has 1 aliphatic carbocycles. The number of carbonyl (C=O) groups excluding carboxylic acids is 1. The van der Waals surface area contributed by atoms with Gasteiger partial charge in [0, 0.05) is 6.42 Å². The van der Waals surface area contributed by atoms with Gasteiger partial charge in [0.1, 0.15) is 5.75 Å². The highest BCUT2D eigenvalue weighted by atomic mass is 16.5. The van der Waals surface area contributed by atoms with Gasteiger partial charge in [0.15, 0.2) is 0 Å². The van der Waals surface area contributed by atoms with Crippen LogP contribution in [0, 0.1) is 11.8 Å². The van der Waals surface area contributed by atoms with Crippen LogP contribution < -0.4 is 0 Å². The van der Waals surface area contributed by atoms with Gasteiger partial charge in [-0.15, -0.1) is 0 Å². The molecule has 0 aliphatic heterocycles. The van der Waals surface area contributed by atoms with E-state index in [0.717, 1.165) is 24.8 Å².